The molecular weight excluding hydrogens is 392 g/mol. The molecule has 4 rings (SSSR count). The molecule has 31 heavy (non-hydrogen) atoms. The van der Waals surface area contributed by atoms with E-state index in [-0.39, 0.29) is 18.4 Å². The van der Waals surface area contributed by atoms with E-state index >= 15 is 0 Å². The number of methoxy groups -OCH3 is 2. The summed E-state index contributed by atoms with van der Waals surface area (Å²) >= 11 is 0. The molecule has 0 unspecified atom stereocenters. The van der Waals surface area contributed by atoms with Gasteiger partial charge in [0.15, 0.2) is 0 Å². The van der Waals surface area contributed by atoms with Crippen LogP contribution in [0.25, 0.3) is 0 Å². The third kappa shape index (κ3) is 3.84. The van der Waals surface area contributed by atoms with Gasteiger partial charge in [-0.15, -0.1) is 0 Å². The van der Waals surface area contributed by atoms with Crippen molar-refractivity contribution in [3.63, 3.8) is 0 Å². The molecule has 0 spiro atoms. The van der Waals surface area contributed by atoms with Crippen LogP contribution in [0.3, 0.4) is 0 Å². The molecular formula is C25H24N2O4. The summed E-state index contributed by atoms with van der Waals surface area (Å²) in [6.45, 7) is 1.90. The van der Waals surface area contributed by atoms with Gasteiger partial charge >= 0.3 is 0 Å². The normalized spacial score (nSPS) is 16.4. The molecule has 1 fully saturated rings. The van der Waals surface area contributed by atoms with Crippen molar-refractivity contribution in [2.24, 2.45) is 0 Å². The van der Waals surface area contributed by atoms with E-state index in [4.69, 9.17) is 9.47 Å². The molecule has 1 aliphatic heterocycles. The Balaban J connectivity index is 1.81. The second kappa shape index (κ2) is 8.52. The van der Waals surface area contributed by atoms with Gasteiger partial charge in [0.25, 0.3) is 5.91 Å². The highest BCUT2D eigenvalue weighted by Gasteiger charge is 2.42. The number of amides is 2. The fourth-order valence-electron chi connectivity index (χ4n) is 3.83. The maximum absolute atomic E-state index is 13.8. The van der Waals surface area contributed by atoms with Crippen molar-refractivity contribution in [1.82, 2.24) is 0 Å². The highest BCUT2D eigenvalue weighted by molar-refractivity contribution is 6.15. The summed E-state index contributed by atoms with van der Waals surface area (Å²) in [6, 6.07) is 21.4. The maximum atomic E-state index is 13.8. The number of benzene rings is 3. The largest absolute Gasteiger partial charge is 0.497 e. The highest BCUT2D eigenvalue weighted by Crippen LogP contribution is 2.38. The van der Waals surface area contributed by atoms with Crippen LogP contribution in [0.2, 0.25) is 0 Å². The number of carbonyl (C=O) groups is 2. The predicted octanol–water partition coefficient (Wildman–Crippen LogP) is 4.13. The summed E-state index contributed by atoms with van der Waals surface area (Å²) in [5.74, 6) is 0.707. The molecule has 3 aromatic rings. The maximum Gasteiger partial charge on any atom is 0.255 e. The minimum Gasteiger partial charge on any atom is -0.497 e. The first-order valence-corrected chi connectivity index (χ1v) is 10.0. The summed E-state index contributed by atoms with van der Waals surface area (Å²) < 4.78 is 10.8. The van der Waals surface area contributed by atoms with Crippen LogP contribution in [-0.2, 0) is 9.59 Å². The lowest BCUT2D eigenvalue weighted by Gasteiger charge is -2.40. The van der Waals surface area contributed by atoms with Crippen molar-refractivity contribution < 1.29 is 19.1 Å². The lowest BCUT2D eigenvalue weighted by atomic mass is 9.99. The second-order valence-electron chi connectivity index (χ2n) is 7.37. The average Bonchev–Trinajstić information content (AvgIpc) is 2.81. The van der Waals surface area contributed by atoms with Gasteiger partial charge in [0.05, 0.1) is 19.9 Å². The minimum atomic E-state index is -0.781. The van der Waals surface area contributed by atoms with Crippen molar-refractivity contribution in [1.29, 1.82) is 0 Å². The van der Waals surface area contributed by atoms with E-state index in [2.05, 4.69) is 0 Å². The summed E-state index contributed by atoms with van der Waals surface area (Å²) in [7, 11) is 3.09. The Morgan fingerprint density at radius 3 is 2.23 bits per heavy atom. The number of hydrogen-bond acceptors (Lipinski definition) is 4. The molecule has 2 amide bonds. The number of anilines is 2. The van der Waals surface area contributed by atoms with Gasteiger partial charge in [-0.05, 0) is 36.8 Å². The van der Waals surface area contributed by atoms with E-state index in [0.29, 0.717) is 22.9 Å². The number of nitrogens with zero attached hydrogens (tertiary/aromatic N) is 2. The fraction of sp³-hybridized carbons (Fsp3) is 0.200. The number of aryl methyl sites for hydroxylation is 1. The lowest BCUT2D eigenvalue weighted by Crippen LogP contribution is -2.56. The predicted molar refractivity (Wildman–Crippen MR) is 120 cm³/mol. The van der Waals surface area contributed by atoms with Crippen LogP contribution >= 0.6 is 0 Å². The summed E-state index contributed by atoms with van der Waals surface area (Å²) in [6.07, 6.45) is 0. The zero-order valence-corrected chi connectivity index (χ0v) is 17.7. The molecule has 0 aromatic heterocycles. The van der Waals surface area contributed by atoms with Gasteiger partial charge < -0.3 is 9.47 Å². The Morgan fingerprint density at radius 1 is 0.871 bits per heavy atom. The summed E-state index contributed by atoms with van der Waals surface area (Å²) in [5, 5.41) is 0. The second-order valence-corrected chi connectivity index (χ2v) is 7.37. The van der Waals surface area contributed by atoms with E-state index < -0.39 is 6.04 Å². The third-order valence-corrected chi connectivity index (χ3v) is 5.43. The molecule has 0 saturated carbocycles. The molecule has 0 bridgehead atoms. The van der Waals surface area contributed by atoms with Gasteiger partial charge in [-0.2, -0.15) is 0 Å². The quantitative estimate of drug-likeness (QED) is 0.627. The minimum absolute atomic E-state index is 0.0846. The number of piperazine rings is 1. The zero-order valence-electron chi connectivity index (χ0n) is 17.7. The van der Waals surface area contributed by atoms with E-state index in [1.54, 1.807) is 30.2 Å². The van der Waals surface area contributed by atoms with Gasteiger partial charge in [-0.1, -0.05) is 48.0 Å². The molecule has 1 heterocycles. The molecule has 1 atom stereocenters. The molecule has 6 heteroatoms. The van der Waals surface area contributed by atoms with Crippen molar-refractivity contribution in [2.45, 2.75) is 13.0 Å². The topological polar surface area (TPSA) is 59.1 Å². The fourth-order valence-corrected chi connectivity index (χ4v) is 3.83. The van der Waals surface area contributed by atoms with E-state index in [0.717, 1.165) is 11.1 Å². The first kappa shape index (κ1) is 20.5. The van der Waals surface area contributed by atoms with Crippen molar-refractivity contribution in [3.8, 4) is 11.5 Å². The number of hydrogen-bond donors (Lipinski definition) is 0. The molecule has 1 saturated heterocycles. The Kier molecular flexibility index (Phi) is 5.62. The first-order chi connectivity index (χ1) is 15.0. The van der Waals surface area contributed by atoms with Gasteiger partial charge in [0.2, 0.25) is 5.91 Å². The zero-order chi connectivity index (χ0) is 22.0. The van der Waals surface area contributed by atoms with E-state index in [9.17, 15) is 9.59 Å². The van der Waals surface area contributed by atoms with Crippen molar-refractivity contribution >= 4 is 23.2 Å². The number of rotatable bonds is 5. The first-order valence-electron chi connectivity index (χ1n) is 10.0. The standard InChI is InChI=1S/C25H24N2O4/c1-17-9-11-19(12-10-17)27-23(28)16-26(21-14-13-20(30-2)15-22(21)31-3)25(29)24(27)18-7-5-4-6-8-18/h4-15,24H,16H2,1-3H3/t24-/m1/s1. The lowest BCUT2D eigenvalue weighted by molar-refractivity contribution is -0.128. The molecule has 1 aliphatic rings. The average molecular weight is 416 g/mol. The Labute approximate surface area is 181 Å². The molecule has 6 nitrogen and oxygen atoms in total. The van der Waals surface area contributed by atoms with Gasteiger partial charge in [0, 0.05) is 11.8 Å². The highest BCUT2D eigenvalue weighted by atomic mass is 16.5. The SMILES string of the molecule is COc1ccc(N2CC(=O)N(c3ccc(C)cc3)[C@H](c3ccccc3)C2=O)c(OC)c1. The Bertz CT molecular complexity index is 1100. The number of ether oxygens (including phenoxy) is 2. The van der Waals surface area contributed by atoms with Crippen molar-refractivity contribution in [3.05, 3.63) is 83.9 Å². The van der Waals surface area contributed by atoms with E-state index in [1.165, 1.54) is 12.0 Å². The van der Waals surface area contributed by atoms with Crippen LogP contribution in [0.1, 0.15) is 17.2 Å². The molecule has 3 aromatic carbocycles. The van der Waals surface area contributed by atoms with Gasteiger partial charge in [-0.25, -0.2) is 0 Å². The third-order valence-electron chi connectivity index (χ3n) is 5.43. The van der Waals surface area contributed by atoms with Crippen LogP contribution in [0.15, 0.2) is 72.8 Å². The molecule has 0 radical (unpaired) electrons. The van der Waals surface area contributed by atoms with Crippen LogP contribution in [-0.4, -0.2) is 32.6 Å². The van der Waals surface area contributed by atoms with Crippen LogP contribution in [0.4, 0.5) is 11.4 Å². The molecule has 0 aliphatic carbocycles. The summed E-state index contributed by atoms with van der Waals surface area (Å²) in [5.41, 5.74) is 3.06. The summed E-state index contributed by atoms with van der Waals surface area (Å²) in [4.78, 5) is 30.2. The van der Waals surface area contributed by atoms with Crippen molar-refractivity contribution in [2.75, 3.05) is 30.6 Å². The van der Waals surface area contributed by atoms with E-state index in [1.807, 2.05) is 61.5 Å². The monoisotopic (exact) mass is 416 g/mol. The van der Waals surface area contributed by atoms with Gasteiger partial charge in [-0.3, -0.25) is 19.4 Å². The van der Waals surface area contributed by atoms with Crippen LogP contribution in [0.5, 0.6) is 11.5 Å². The van der Waals surface area contributed by atoms with Gasteiger partial charge in [0.1, 0.15) is 24.1 Å². The van der Waals surface area contributed by atoms with Crippen LogP contribution < -0.4 is 19.3 Å². The number of carbonyl (C=O) groups excluding carboxylic acids is 2. The molecule has 0 N–H and O–H groups in total. The molecule has 158 valence electrons. The van der Waals surface area contributed by atoms with Crippen LogP contribution in [0, 0.1) is 6.92 Å². The smallest absolute Gasteiger partial charge is 0.255 e. The Hall–Kier alpha value is -3.80. The Morgan fingerprint density at radius 2 is 1.58 bits per heavy atom.